The van der Waals surface area contributed by atoms with E-state index in [1.54, 1.807) is 0 Å². The van der Waals surface area contributed by atoms with Crippen LogP contribution in [0.25, 0.3) is 0 Å². The summed E-state index contributed by atoms with van der Waals surface area (Å²) in [4.78, 5) is 26.8. The minimum absolute atomic E-state index is 0.0911. The summed E-state index contributed by atoms with van der Waals surface area (Å²) in [7, 11) is 0. The van der Waals surface area contributed by atoms with E-state index in [4.69, 9.17) is 5.73 Å². The van der Waals surface area contributed by atoms with E-state index in [1.807, 2.05) is 26.0 Å². The molecule has 2 unspecified atom stereocenters. The normalized spacial score (nSPS) is 26.1. The van der Waals surface area contributed by atoms with Gasteiger partial charge in [0.25, 0.3) is 11.8 Å². The lowest BCUT2D eigenvalue weighted by Crippen LogP contribution is -2.51. The minimum atomic E-state index is -0.159. The van der Waals surface area contributed by atoms with E-state index in [0.29, 0.717) is 11.1 Å². The van der Waals surface area contributed by atoms with Crippen molar-refractivity contribution in [3.05, 3.63) is 34.4 Å². The topological polar surface area (TPSA) is 63.4 Å². The number of amides is 2. The first-order valence-electron chi connectivity index (χ1n) is 7.26. The molecule has 1 aromatic carbocycles. The molecule has 2 N–H and O–H groups in total. The van der Waals surface area contributed by atoms with Crippen molar-refractivity contribution in [1.82, 2.24) is 4.90 Å². The second-order valence-corrected chi connectivity index (χ2v) is 5.95. The minimum Gasteiger partial charge on any atom is -0.326 e. The molecule has 1 aliphatic carbocycles. The van der Waals surface area contributed by atoms with Crippen molar-refractivity contribution in [3.8, 4) is 0 Å². The Hall–Kier alpha value is -1.68. The fourth-order valence-electron chi connectivity index (χ4n) is 3.46. The maximum Gasteiger partial charge on any atom is 0.262 e. The number of aryl methyl sites for hydroxylation is 2. The van der Waals surface area contributed by atoms with E-state index < -0.39 is 0 Å². The zero-order valence-electron chi connectivity index (χ0n) is 12.0. The average Bonchev–Trinajstić information content (AvgIpc) is 2.68. The summed E-state index contributed by atoms with van der Waals surface area (Å²) in [6.07, 6.45) is 3.82. The Balaban J connectivity index is 2.05. The molecule has 20 heavy (non-hydrogen) atoms. The lowest BCUT2D eigenvalue weighted by molar-refractivity contribution is 0.0525. The van der Waals surface area contributed by atoms with Crippen molar-refractivity contribution < 1.29 is 9.59 Å². The molecule has 1 fully saturated rings. The number of nitrogens with zero attached hydrogens (tertiary/aromatic N) is 1. The monoisotopic (exact) mass is 272 g/mol. The van der Waals surface area contributed by atoms with E-state index in [2.05, 4.69) is 0 Å². The van der Waals surface area contributed by atoms with E-state index >= 15 is 0 Å². The summed E-state index contributed by atoms with van der Waals surface area (Å²) in [5.41, 5.74) is 9.04. The van der Waals surface area contributed by atoms with Crippen molar-refractivity contribution in [2.45, 2.75) is 51.6 Å². The van der Waals surface area contributed by atoms with Gasteiger partial charge in [-0.3, -0.25) is 14.5 Å². The molecule has 1 saturated carbocycles. The largest absolute Gasteiger partial charge is 0.326 e. The van der Waals surface area contributed by atoms with Gasteiger partial charge in [-0.05, 0) is 37.8 Å². The summed E-state index contributed by atoms with van der Waals surface area (Å²) >= 11 is 0. The highest BCUT2D eigenvalue weighted by molar-refractivity contribution is 6.22. The van der Waals surface area contributed by atoms with E-state index in [1.165, 1.54) is 4.90 Å². The van der Waals surface area contributed by atoms with Crippen molar-refractivity contribution in [3.63, 3.8) is 0 Å². The molecule has 1 heterocycles. The third-order valence-corrected chi connectivity index (χ3v) is 4.60. The fourth-order valence-corrected chi connectivity index (χ4v) is 3.46. The summed E-state index contributed by atoms with van der Waals surface area (Å²) in [6, 6.07) is 3.58. The first kappa shape index (κ1) is 13.3. The Morgan fingerprint density at radius 3 is 2.00 bits per heavy atom. The second kappa shape index (κ2) is 4.70. The molecule has 2 atom stereocenters. The van der Waals surface area contributed by atoms with Gasteiger partial charge in [0.1, 0.15) is 0 Å². The molecule has 0 saturated heterocycles. The van der Waals surface area contributed by atoms with Gasteiger partial charge in [0.05, 0.1) is 17.2 Å². The summed E-state index contributed by atoms with van der Waals surface area (Å²) in [5, 5.41) is 0. The van der Waals surface area contributed by atoms with Crippen LogP contribution in [0, 0.1) is 13.8 Å². The molecule has 3 rings (SSSR count). The first-order chi connectivity index (χ1) is 9.52. The van der Waals surface area contributed by atoms with Crippen LogP contribution in [0.15, 0.2) is 12.1 Å². The molecule has 4 nitrogen and oxygen atoms in total. The molecule has 0 aromatic heterocycles. The number of fused-ring (bicyclic) bond motifs is 1. The number of imide groups is 1. The number of benzene rings is 1. The highest BCUT2D eigenvalue weighted by Gasteiger charge is 2.43. The molecule has 2 aliphatic rings. The van der Waals surface area contributed by atoms with Crippen LogP contribution in [0.2, 0.25) is 0 Å². The van der Waals surface area contributed by atoms with Gasteiger partial charge in [0.2, 0.25) is 0 Å². The molecule has 0 bridgehead atoms. The van der Waals surface area contributed by atoms with Gasteiger partial charge in [-0.2, -0.15) is 0 Å². The van der Waals surface area contributed by atoms with E-state index in [-0.39, 0.29) is 23.9 Å². The molecule has 0 radical (unpaired) electrons. The second-order valence-electron chi connectivity index (χ2n) is 5.95. The highest BCUT2D eigenvalue weighted by Crippen LogP contribution is 2.33. The van der Waals surface area contributed by atoms with Crippen LogP contribution in [-0.4, -0.2) is 28.8 Å². The molecule has 1 aliphatic heterocycles. The smallest absolute Gasteiger partial charge is 0.262 e. The maximum absolute atomic E-state index is 12.7. The SMILES string of the molecule is Cc1ccc(C)c2c1C(=O)N(C1CCCCC1N)C2=O. The molecular weight excluding hydrogens is 252 g/mol. The van der Waals surface area contributed by atoms with Crippen LogP contribution in [-0.2, 0) is 0 Å². The number of rotatable bonds is 1. The van der Waals surface area contributed by atoms with Gasteiger partial charge in [0, 0.05) is 6.04 Å². The number of nitrogens with two attached hydrogens (primary N) is 1. The number of hydrogen-bond donors (Lipinski definition) is 1. The van der Waals surface area contributed by atoms with Crippen LogP contribution >= 0.6 is 0 Å². The average molecular weight is 272 g/mol. The maximum atomic E-state index is 12.7. The molecule has 0 spiro atoms. The summed E-state index contributed by atoms with van der Waals surface area (Å²) < 4.78 is 0. The predicted molar refractivity (Wildman–Crippen MR) is 76.6 cm³/mol. The molecular formula is C16H20N2O2. The number of carbonyl (C=O) groups is 2. The zero-order valence-corrected chi connectivity index (χ0v) is 12.0. The Morgan fingerprint density at radius 2 is 1.50 bits per heavy atom. The van der Waals surface area contributed by atoms with Crippen LogP contribution < -0.4 is 5.73 Å². The van der Waals surface area contributed by atoms with Gasteiger partial charge >= 0.3 is 0 Å². The van der Waals surface area contributed by atoms with Crippen LogP contribution in [0.4, 0.5) is 0 Å². The predicted octanol–water partition coefficient (Wildman–Crippen LogP) is 2.17. The first-order valence-corrected chi connectivity index (χ1v) is 7.26. The number of carbonyl (C=O) groups excluding carboxylic acids is 2. The van der Waals surface area contributed by atoms with Crippen molar-refractivity contribution in [2.75, 3.05) is 0 Å². The van der Waals surface area contributed by atoms with Gasteiger partial charge in [-0.15, -0.1) is 0 Å². The van der Waals surface area contributed by atoms with E-state index in [0.717, 1.165) is 36.8 Å². The third-order valence-electron chi connectivity index (χ3n) is 4.60. The number of hydrogen-bond acceptors (Lipinski definition) is 3. The molecule has 106 valence electrons. The van der Waals surface area contributed by atoms with Crippen molar-refractivity contribution in [1.29, 1.82) is 0 Å². The summed E-state index contributed by atoms with van der Waals surface area (Å²) in [6.45, 7) is 3.77. The van der Waals surface area contributed by atoms with Crippen molar-refractivity contribution in [2.24, 2.45) is 5.73 Å². The van der Waals surface area contributed by atoms with Gasteiger partial charge in [-0.25, -0.2) is 0 Å². The fraction of sp³-hybridized carbons (Fsp3) is 0.500. The lowest BCUT2D eigenvalue weighted by atomic mass is 9.90. The zero-order chi connectivity index (χ0) is 14.4. The van der Waals surface area contributed by atoms with Gasteiger partial charge in [-0.1, -0.05) is 25.0 Å². The standard InChI is InChI=1S/C16H20N2O2/c1-9-7-8-10(2)14-13(9)15(19)18(16(14)20)12-6-4-3-5-11(12)17/h7-8,11-12H,3-6,17H2,1-2H3. The Morgan fingerprint density at radius 1 is 1.00 bits per heavy atom. The quantitative estimate of drug-likeness (QED) is 0.797. The van der Waals surface area contributed by atoms with Gasteiger partial charge < -0.3 is 5.73 Å². The third kappa shape index (κ3) is 1.79. The summed E-state index contributed by atoms with van der Waals surface area (Å²) in [5.74, 6) is -0.317. The van der Waals surface area contributed by atoms with Crippen LogP contribution in [0.5, 0.6) is 0 Å². The Bertz CT molecular complexity index is 553. The Labute approximate surface area is 118 Å². The Kier molecular flexibility index (Phi) is 3.13. The van der Waals surface area contributed by atoms with Crippen molar-refractivity contribution >= 4 is 11.8 Å². The molecule has 4 heteroatoms. The van der Waals surface area contributed by atoms with E-state index in [9.17, 15) is 9.59 Å². The molecule has 2 amide bonds. The van der Waals surface area contributed by atoms with Crippen LogP contribution in [0.3, 0.4) is 0 Å². The van der Waals surface area contributed by atoms with Gasteiger partial charge in [0.15, 0.2) is 0 Å². The lowest BCUT2D eigenvalue weighted by Gasteiger charge is -2.34. The van der Waals surface area contributed by atoms with Crippen LogP contribution in [0.1, 0.15) is 57.5 Å². The highest BCUT2D eigenvalue weighted by atomic mass is 16.2. The molecule has 1 aromatic rings.